The normalized spacial score (nSPS) is 18.2. The Kier molecular flexibility index (Phi) is 9.91. The van der Waals surface area contributed by atoms with Crippen molar-refractivity contribution in [3.8, 4) is 5.75 Å². The molecule has 0 fully saturated rings. The van der Waals surface area contributed by atoms with Gasteiger partial charge in [-0.2, -0.15) is 5.09 Å². The third-order valence-electron chi connectivity index (χ3n) is 5.00. The summed E-state index contributed by atoms with van der Waals surface area (Å²) in [4.78, 5) is 37.3. The molecule has 37 heavy (non-hydrogen) atoms. The Labute approximate surface area is 211 Å². The van der Waals surface area contributed by atoms with Crippen molar-refractivity contribution in [1.82, 2.24) is 14.6 Å². The predicted octanol–water partition coefficient (Wildman–Crippen LogP) is 1.99. The summed E-state index contributed by atoms with van der Waals surface area (Å²) >= 11 is 0. The molecule has 0 spiro atoms. The number of hydrogen-bond acceptors (Lipinski definition) is 9. The lowest BCUT2D eigenvalue weighted by Crippen LogP contribution is -2.57. The van der Waals surface area contributed by atoms with Gasteiger partial charge in [0.2, 0.25) is 5.79 Å². The van der Waals surface area contributed by atoms with Gasteiger partial charge in [0, 0.05) is 19.4 Å². The fourth-order valence-electron chi connectivity index (χ4n) is 3.04. The lowest BCUT2D eigenvalue weighted by molar-refractivity contribution is -0.255. The van der Waals surface area contributed by atoms with E-state index in [0.717, 1.165) is 13.2 Å². The zero-order chi connectivity index (χ0) is 28.0. The van der Waals surface area contributed by atoms with E-state index in [1.807, 2.05) is 0 Å². The van der Waals surface area contributed by atoms with Crippen LogP contribution in [0.25, 0.3) is 0 Å². The summed E-state index contributed by atoms with van der Waals surface area (Å²) in [5.41, 5.74) is -2.11. The summed E-state index contributed by atoms with van der Waals surface area (Å²) in [5.74, 6) is -7.39. The molecule has 1 heterocycles. The van der Waals surface area contributed by atoms with Gasteiger partial charge in [0.15, 0.2) is 6.10 Å². The monoisotopic (exact) mass is 549 g/mol. The van der Waals surface area contributed by atoms with Crippen molar-refractivity contribution in [2.24, 2.45) is 0 Å². The van der Waals surface area contributed by atoms with Gasteiger partial charge in [-0.1, -0.05) is 18.2 Å². The van der Waals surface area contributed by atoms with E-state index in [1.165, 1.54) is 19.1 Å². The molecule has 0 saturated carbocycles. The summed E-state index contributed by atoms with van der Waals surface area (Å²) < 4.78 is 65.3. The van der Waals surface area contributed by atoms with Crippen LogP contribution in [0.3, 0.4) is 0 Å². The maximum Gasteiger partial charge on any atom is 0.459 e. The molecule has 12 nitrogen and oxygen atoms in total. The maximum absolute atomic E-state index is 15.7. The molecule has 2 unspecified atom stereocenters. The lowest BCUT2D eigenvalue weighted by Gasteiger charge is -2.37. The number of benzene rings is 1. The maximum atomic E-state index is 15.7. The van der Waals surface area contributed by atoms with E-state index in [2.05, 4.69) is 9.82 Å². The molecule has 1 aromatic carbocycles. The second-order valence-corrected chi connectivity index (χ2v) is 10.1. The van der Waals surface area contributed by atoms with Gasteiger partial charge in [-0.25, -0.2) is 18.1 Å². The van der Waals surface area contributed by atoms with Gasteiger partial charge in [-0.3, -0.25) is 23.7 Å². The summed E-state index contributed by atoms with van der Waals surface area (Å²) in [5, 5.41) is 12.9. The van der Waals surface area contributed by atoms with Crippen molar-refractivity contribution in [2.45, 2.75) is 57.6 Å². The van der Waals surface area contributed by atoms with E-state index in [4.69, 9.17) is 13.8 Å². The molecule has 0 aliphatic rings. The number of aliphatic hydroxyl groups is 1. The molecule has 0 aliphatic carbocycles. The highest BCUT2D eigenvalue weighted by molar-refractivity contribution is 7.52. The van der Waals surface area contributed by atoms with Crippen LogP contribution >= 0.6 is 7.75 Å². The minimum atomic E-state index is -4.60. The Morgan fingerprint density at radius 2 is 1.81 bits per heavy atom. The number of aromatic amines is 1. The molecule has 0 saturated heterocycles. The van der Waals surface area contributed by atoms with Crippen LogP contribution in [0.2, 0.25) is 0 Å². The fraction of sp³-hybridized carbons (Fsp3) is 0.500. The van der Waals surface area contributed by atoms with Crippen LogP contribution in [0.5, 0.6) is 5.75 Å². The molecule has 2 aromatic rings. The van der Waals surface area contributed by atoms with Gasteiger partial charge in [0.05, 0.1) is 6.10 Å². The number of alkyl halides is 2. The standard InChI is InChI=1S/C22H30F2N3O9P/c1-14(2)35-18(29)15(3)26-37(32,36-16-9-7-6-8-10-16)34-13-22(24,33-5)19(30)21(4,23)27-12-11-17(28)25-20(27)31/h6-12,14-15,19,30H,13H2,1-5H3,(H,26,32)(H,25,28,31)/t15?,19-,21-,22+,37?/m0/s1. The number of carbonyl (C=O) groups is 1. The van der Waals surface area contributed by atoms with Gasteiger partial charge in [0.25, 0.3) is 11.4 Å². The molecule has 15 heteroatoms. The smallest absolute Gasteiger partial charge is 0.459 e. The summed E-state index contributed by atoms with van der Waals surface area (Å²) in [6.07, 6.45) is -2.52. The SMILES string of the molecule is CO[C@](F)(COP(=O)(NC(C)C(=O)OC(C)C)Oc1ccccc1)[C@@H](O)[C@@](C)(F)n1ccc(=O)[nH]c1=O. The van der Waals surface area contributed by atoms with Crippen molar-refractivity contribution in [1.29, 1.82) is 0 Å². The Morgan fingerprint density at radius 3 is 2.35 bits per heavy atom. The van der Waals surface area contributed by atoms with E-state index in [9.17, 15) is 24.1 Å². The van der Waals surface area contributed by atoms with Gasteiger partial charge in [0.1, 0.15) is 18.4 Å². The number of halogens is 2. The quantitative estimate of drug-likeness (QED) is 0.249. The second-order valence-electron chi connectivity index (χ2n) is 8.41. The number of ether oxygens (including phenoxy) is 2. The zero-order valence-electron chi connectivity index (χ0n) is 20.8. The highest BCUT2D eigenvalue weighted by Gasteiger charge is 2.53. The minimum Gasteiger partial charge on any atom is -0.462 e. The van der Waals surface area contributed by atoms with E-state index >= 15 is 8.78 Å². The largest absolute Gasteiger partial charge is 0.462 e. The Hall–Kier alpha value is -2.90. The van der Waals surface area contributed by atoms with Crippen LogP contribution in [0.15, 0.2) is 52.2 Å². The summed E-state index contributed by atoms with van der Waals surface area (Å²) in [6, 6.07) is 7.08. The fourth-order valence-corrected chi connectivity index (χ4v) is 4.55. The molecular formula is C22H30F2N3O9P. The molecule has 3 N–H and O–H groups in total. The molecule has 0 aliphatic heterocycles. The highest BCUT2D eigenvalue weighted by Crippen LogP contribution is 2.47. The molecule has 0 bridgehead atoms. The Balaban J connectivity index is 2.34. The molecule has 0 amide bonds. The van der Waals surface area contributed by atoms with Crippen LogP contribution in [-0.2, 0) is 29.1 Å². The minimum absolute atomic E-state index is 0.0142. The number of carbonyl (C=O) groups excluding carboxylic acids is 1. The van der Waals surface area contributed by atoms with Gasteiger partial charge >= 0.3 is 19.4 Å². The first-order valence-electron chi connectivity index (χ1n) is 11.0. The number of H-pyrrole nitrogens is 1. The zero-order valence-corrected chi connectivity index (χ0v) is 21.7. The number of nitrogens with zero attached hydrogens (tertiary/aromatic N) is 1. The third-order valence-corrected chi connectivity index (χ3v) is 6.62. The van der Waals surface area contributed by atoms with E-state index in [0.29, 0.717) is 13.1 Å². The average Bonchev–Trinajstić information content (AvgIpc) is 2.82. The van der Waals surface area contributed by atoms with Crippen LogP contribution < -0.4 is 20.9 Å². The van der Waals surface area contributed by atoms with E-state index in [1.54, 1.807) is 37.0 Å². The first-order valence-corrected chi connectivity index (χ1v) is 12.6. The topological polar surface area (TPSA) is 158 Å². The third kappa shape index (κ3) is 7.79. The number of methoxy groups -OCH3 is 1. The number of rotatable bonds is 13. The van der Waals surface area contributed by atoms with E-state index < -0.39 is 61.5 Å². The summed E-state index contributed by atoms with van der Waals surface area (Å²) in [7, 11) is -3.83. The van der Waals surface area contributed by atoms with Crippen LogP contribution in [0.4, 0.5) is 8.78 Å². The van der Waals surface area contributed by atoms with Gasteiger partial charge in [-0.15, -0.1) is 0 Å². The van der Waals surface area contributed by atoms with Crippen molar-refractivity contribution < 1.29 is 41.8 Å². The van der Waals surface area contributed by atoms with Gasteiger partial charge in [-0.05, 0) is 39.8 Å². The number of nitrogens with one attached hydrogen (secondary N) is 2. The predicted molar refractivity (Wildman–Crippen MR) is 127 cm³/mol. The first-order chi connectivity index (χ1) is 17.1. The van der Waals surface area contributed by atoms with Crippen LogP contribution in [0, 0.1) is 0 Å². The number of aliphatic hydroxyl groups excluding tert-OH is 1. The van der Waals surface area contributed by atoms with Crippen LogP contribution in [0.1, 0.15) is 27.7 Å². The van der Waals surface area contributed by atoms with Crippen molar-refractivity contribution >= 4 is 13.7 Å². The number of esters is 1. The van der Waals surface area contributed by atoms with Crippen molar-refractivity contribution in [3.63, 3.8) is 0 Å². The number of aromatic nitrogens is 2. The summed E-state index contributed by atoms with van der Waals surface area (Å²) in [6.45, 7) is 3.77. The molecule has 206 valence electrons. The molecule has 0 radical (unpaired) electrons. The Morgan fingerprint density at radius 1 is 1.19 bits per heavy atom. The Bertz CT molecular complexity index is 1220. The number of hydrogen-bond donors (Lipinski definition) is 3. The average molecular weight is 549 g/mol. The molecule has 2 rings (SSSR count). The van der Waals surface area contributed by atoms with Crippen molar-refractivity contribution in [2.75, 3.05) is 13.7 Å². The molecule has 5 atom stereocenters. The highest BCUT2D eigenvalue weighted by atomic mass is 31.2. The van der Waals surface area contributed by atoms with Crippen LogP contribution in [-0.4, -0.2) is 58.4 Å². The second kappa shape index (κ2) is 12.1. The van der Waals surface area contributed by atoms with Gasteiger partial charge < -0.3 is 19.1 Å². The van der Waals surface area contributed by atoms with Crippen molar-refractivity contribution in [3.05, 3.63) is 63.4 Å². The molecule has 1 aromatic heterocycles. The van der Waals surface area contributed by atoms with E-state index in [-0.39, 0.29) is 10.3 Å². The lowest BCUT2D eigenvalue weighted by atomic mass is 10.0. The number of para-hydroxylation sites is 1. The molecular weight excluding hydrogens is 519 g/mol. The first kappa shape index (κ1) is 30.3.